The average Bonchev–Trinajstić information content (AvgIpc) is 3.09. The highest BCUT2D eigenvalue weighted by Crippen LogP contribution is 2.24. The fourth-order valence-corrected chi connectivity index (χ4v) is 3.58. The molecule has 134 valence electrons. The fraction of sp³-hybridized carbons (Fsp3) is 0.333. The number of rotatable bonds is 4. The minimum absolute atomic E-state index is 0.0671. The summed E-state index contributed by atoms with van der Waals surface area (Å²) in [6.45, 7) is 3.81. The number of hydrogen-bond donors (Lipinski definition) is 1. The number of H-pyrrole nitrogens is 1. The molecule has 0 radical (unpaired) electrons. The van der Waals surface area contributed by atoms with Crippen LogP contribution in [-0.2, 0) is 16.0 Å². The van der Waals surface area contributed by atoms with Crippen LogP contribution in [0.15, 0.2) is 48.8 Å². The third-order valence-electron chi connectivity index (χ3n) is 4.99. The molecule has 26 heavy (non-hydrogen) atoms. The Labute approximate surface area is 153 Å². The van der Waals surface area contributed by atoms with E-state index in [2.05, 4.69) is 22.1 Å². The van der Waals surface area contributed by atoms with E-state index in [9.17, 15) is 4.79 Å². The van der Waals surface area contributed by atoms with Gasteiger partial charge in [-0.25, -0.2) is 0 Å². The van der Waals surface area contributed by atoms with E-state index in [-0.39, 0.29) is 12.0 Å². The summed E-state index contributed by atoms with van der Waals surface area (Å²) in [5, 5.41) is 1.20. The molecule has 1 N–H and O–H groups in total. The highest BCUT2D eigenvalue weighted by molar-refractivity contribution is 5.84. The van der Waals surface area contributed by atoms with Crippen LogP contribution in [0, 0.1) is 6.92 Å². The van der Waals surface area contributed by atoms with Crippen molar-refractivity contribution in [2.75, 3.05) is 19.7 Å². The number of morpholine rings is 1. The van der Waals surface area contributed by atoms with Crippen molar-refractivity contribution < 1.29 is 9.53 Å². The first kappa shape index (κ1) is 16.8. The zero-order valence-electron chi connectivity index (χ0n) is 14.9. The van der Waals surface area contributed by atoms with E-state index in [0.29, 0.717) is 26.1 Å². The number of aromatic amines is 1. The Balaban J connectivity index is 1.40. The second-order valence-electron chi connectivity index (χ2n) is 6.79. The number of fused-ring (bicyclic) bond motifs is 1. The Morgan fingerprint density at radius 3 is 3.12 bits per heavy atom. The molecule has 0 bridgehead atoms. The van der Waals surface area contributed by atoms with Gasteiger partial charge in [-0.05, 0) is 42.7 Å². The summed E-state index contributed by atoms with van der Waals surface area (Å²) < 4.78 is 5.88. The van der Waals surface area contributed by atoms with Crippen molar-refractivity contribution >= 4 is 16.8 Å². The van der Waals surface area contributed by atoms with Crippen LogP contribution in [0.4, 0.5) is 0 Å². The molecule has 1 aliphatic heterocycles. The predicted octanol–water partition coefficient (Wildman–Crippen LogP) is 3.40. The van der Waals surface area contributed by atoms with Crippen LogP contribution >= 0.6 is 0 Å². The highest BCUT2D eigenvalue weighted by atomic mass is 16.5. The Bertz CT molecular complexity index is 918. The van der Waals surface area contributed by atoms with Gasteiger partial charge in [-0.1, -0.05) is 18.2 Å². The summed E-state index contributed by atoms with van der Waals surface area (Å²) in [7, 11) is 0. The van der Waals surface area contributed by atoms with Crippen molar-refractivity contribution in [3.63, 3.8) is 0 Å². The van der Waals surface area contributed by atoms with Crippen LogP contribution in [-0.4, -0.2) is 40.5 Å². The van der Waals surface area contributed by atoms with E-state index in [1.165, 1.54) is 10.9 Å². The van der Waals surface area contributed by atoms with Gasteiger partial charge in [0.15, 0.2) is 0 Å². The van der Waals surface area contributed by atoms with Gasteiger partial charge in [0.05, 0.1) is 13.2 Å². The molecule has 1 atom stereocenters. The molecule has 1 aromatic carbocycles. The number of carbonyl (C=O) groups is 1. The minimum Gasteiger partial charge on any atom is -0.370 e. The minimum atomic E-state index is -0.0671. The highest BCUT2D eigenvalue weighted by Gasteiger charge is 2.25. The zero-order chi connectivity index (χ0) is 17.9. The van der Waals surface area contributed by atoms with Gasteiger partial charge < -0.3 is 14.6 Å². The third-order valence-corrected chi connectivity index (χ3v) is 4.99. The number of benzene rings is 1. The van der Waals surface area contributed by atoms with E-state index in [0.717, 1.165) is 23.2 Å². The number of aromatic nitrogens is 2. The van der Waals surface area contributed by atoms with E-state index < -0.39 is 0 Å². The topological polar surface area (TPSA) is 58.2 Å². The van der Waals surface area contributed by atoms with Gasteiger partial charge in [0.2, 0.25) is 5.91 Å². The number of pyridine rings is 1. The lowest BCUT2D eigenvalue weighted by molar-refractivity contribution is -0.139. The number of ether oxygens (including phenoxy) is 1. The summed E-state index contributed by atoms with van der Waals surface area (Å²) in [6, 6.07) is 12.2. The van der Waals surface area contributed by atoms with Crippen molar-refractivity contribution in [3.05, 3.63) is 65.6 Å². The number of amides is 1. The van der Waals surface area contributed by atoms with Gasteiger partial charge >= 0.3 is 0 Å². The quantitative estimate of drug-likeness (QED) is 0.785. The van der Waals surface area contributed by atoms with Crippen LogP contribution in [0.5, 0.6) is 0 Å². The number of carbonyl (C=O) groups excluding carboxylic acids is 1. The van der Waals surface area contributed by atoms with Crippen LogP contribution in [0.2, 0.25) is 0 Å². The molecule has 1 amide bonds. The molecule has 0 saturated carbocycles. The molecule has 3 aromatic rings. The molecule has 5 nitrogen and oxygen atoms in total. The number of aryl methyl sites for hydroxylation is 2. The maximum absolute atomic E-state index is 12.7. The lowest BCUT2D eigenvalue weighted by atomic mass is 10.1. The monoisotopic (exact) mass is 349 g/mol. The molecular formula is C21H23N3O2. The lowest BCUT2D eigenvalue weighted by Crippen LogP contribution is -2.42. The molecule has 0 spiro atoms. The second-order valence-corrected chi connectivity index (χ2v) is 6.79. The Morgan fingerprint density at radius 2 is 2.23 bits per heavy atom. The summed E-state index contributed by atoms with van der Waals surface area (Å²) in [5.41, 5.74) is 4.37. The summed E-state index contributed by atoms with van der Waals surface area (Å²) in [6.07, 6.45) is 5.01. The standard InChI is InChI=1S/C21H23N3O2/c1-15-12-16(8-9-22-15)20-14-24(10-11-26-20)21(25)7-6-17-13-23-19-5-3-2-4-18(17)19/h2-5,8-9,12-13,20,23H,6-7,10-11,14H2,1H3. The number of hydrogen-bond acceptors (Lipinski definition) is 3. The van der Waals surface area contributed by atoms with Gasteiger partial charge in [-0.15, -0.1) is 0 Å². The van der Waals surface area contributed by atoms with Gasteiger partial charge in [0.25, 0.3) is 0 Å². The zero-order valence-corrected chi connectivity index (χ0v) is 14.9. The van der Waals surface area contributed by atoms with Gasteiger partial charge in [0.1, 0.15) is 6.10 Å². The smallest absolute Gasteiger partial charge is 0.223 e. The lowest BCUT2D eigenvalue weighted by Gasteiger charge is -2.33. The molecule has 3 heterocycles. The molecule has 1 fully saturated rings. The number of nitrogens with zero attached hydrogens (tertiary/aromatic N) is 2. The largest absolute Gasteiger partial charge is 0.370 e. The third kappa shape index (κ3) is 3.48. The van der Waals surface area contributed by atoms with Crippen LogP contribution < -0.4 is 0 Å². The molecule has 2 aromatic heterocycles. The molecule has 4 rings (SSSR count). The first-order valence-corrected chi connectivity index (χ1v) is 9.07. The van der Waals surface area contributed by atoms with E-state index in [4.69, 9.17) is 4.74 Å². The first-order valence-electron chi connectivity index (χ1n) is 9.07. The van der Waals surface area contributed by atoms with Crippen molar-refractivity contribution in [1.82, 2.24) is 14.9 Å². The van der Waals surface area contributed by atoms with Crippen LogP contribution in [0.1, 0.15) is 29.3 Å². The van der Waals surface area contributed by atoms with Gasteiger partial charge in [-0.3, -0.25) is 9.78 Å². The summed E-state index contributed by atoms with van der Waals surface area (Å²) in [4.78, 5) is 22.2. The van der Waals surface area contributed by atoms with Crippen LogP contribution in [0.25, 0.3) is 10.9 Å². The maximum Gasteiger partial charge on any atom is 0.223 e. The first-order chi connectivity index (χ1) is 12.7. The van der Waals surface area contributed by atoms with E-state index in [1.807, 2.05) is 42.3 Å². The normalized spacial score (nSPS) is 17.6. The Hall–Kier alpha value is -2.66. The van der Waals surface area contributed by atoms with E-state index >= 15 is 0 Å². The number of para-hydroxylation sites is 1. The van der Waals surface area contributed by atoms with Crippen LogP contribution in [0.3, 0.4) is 0 Å². The average molecular weight is 349 g/mol. The molecule has 1 aliphatic rings. The summed E-state index contributed by atoms with van der Waals surface area (Å²) in [5.74, 6) is 0.189. The Kier molecular flexibility index (Phi) is 4.71. The molecule has 1 unspecified atom stereocenters. The maximum atomic E-state index is 12.7. The Morgan fingerprint density at radius 1 is 1.35 bits per heavy atom. The predicted molar refractivity (Wildman–Crippen MR) is 101 cm³/mol. The van der Waals surface area contributed by atoms with Crippen molar-refractivity contribution in [2.45, 2.75) is 25.9 Å². The molecule has 1 saturated heterocycles. The summed E-state index contributed by atoms with van der Waals surface area (Å²) >= 11 is 0. The van der Waals surface area contributed by atoms with Crippen molar-refractivity contribution in [2.24, 2.45) is 0 Å². The SMILES string of the molecule is Cc1cc(C2CN(C(=O)CCc3c[nH]c4ccccc34)CCO2)ccn1. The molecule has 5 heteroatoms. The van der Waals surface area contributed by atoms with Crippen molar-refractivity contribution in [1.29, 1.82) is 0 Å². The molecular weight excluding hydrogens is 326 g/mol. The molecule has 0 aliphatic carbocycles. The number of nitrogens with one attached hydrogen (secondary N) is 1. The fourth-order valence-electron chi connectivity index (χ4n) is 3.58. The second kappa shape index (κ2) is 7.30. The van der Waals surface area contributed by atoms with Gasteiger partial charge in [-0.2, -0.15) is 0 Å². The van der Waals surface area contributed by atoms with Gasteiger partial charge in [0, 0.05) is 42.0 Å². The van der Waals surface area contributed by atoms with Crippen molar-refractivity contribution in [3.8, 4) is 0 Å². The van der Waals surface area contributed by atoms with E-state index in [1.54, 1.807) is 6.20 Å².